The molecule has 0 unspecified atom stereocenters. The molecule has 3 rings (SSSR count). The number of anilines is 1. The highest BCUT2D eigenvalue weighted by atomic mass is 35.5. The zero-order chi connectivity index (χ0) is 15.9. The predicted octanol–water partition coefficient (Wildman–Crippen LogP) is 4.24. The Morgan fingerprint density at radius 1 is 1.14 bits per heavy atom. The molecule has 0 aliphatic rings. The molecular formula is C14H10Cl2N2O3S. The molecule has 0 atom stereocenters. The number of nitrogens with one attached hydrogen (secondary N) is 1. The van der Waals surface area contributed by atoms with E-state index >= 15 is 0 Å². The van der Waals surface area contributed by atoms with Crippen molar-refractivity contribution in [3.05, 3.63) is 52.3 Å². The minimum atomic E-state index is -3.91. The lowest BCUT2D eigenvalue weighted by Crippen LogP contribution is -2.14. The van der Waals surface area contributed by atoms with Crippen LogP contribution in [0.1, 0.15) is 5.89 Å². The van der Waals surface area contributed by atoms with Crippen LogP contribution in [0.25, 0.3) is 11.1 Å². The molecule has 0 aliphatic carbocycles. The van der Waals surface area contributed by atoms with E-state index in [1.165, 1.54) is 12.1 Å². The molecule has 3 aromatic rings. The van der Waals surface area contributed by atoms with Gasteiger partial charge in [-0.15, -0.1) is 0 Å². The van der Waals surface area contributed by atoms with E-state index in [1.807, 2.05) is 0 Å². The molecule has 5 nitrogen and oxygen atoms in total. The standard InChI is InChI=1S/C14H10Cl2N2O3S/c1-8-17-12-7-9(5-6-13(12)21-8)18-22(19,20)14-10(15)3-2-4-11(14)16/h2-7,18H,1H3. The predicted molar refractivity (Wildman–Crippen MR) is 86.0 cm³/mol. The minimum absolute atomic E-state index is 0.0540. The number of benzene rings is 2. The van der Waals surface area contributed by atoms with Crippen molar-refractivity contribution in [2.45, 2.75) is 11.8 Å². The molecule has 0 fully saturated rings. The Morgan fingerprint density at radius 2 is 1.82 bits per heavy atom. The monoisotopic (exact) mass is 356 g/mol. The smallest absolute Gasteiger partial charge is 0.264 e. The molecule has 1 aromatic heterocycles. The molecule has 0 radical (unpaired) electrons. The van der Waals surface area contributed by atoms with Crippen molar-refractivity contribution in [3.8, 4) is 0 Å². The number of hydrogen-bond donors (Lipinski definition) is 1. The molecule has 0 spiro atoms. The lowest BCUT2D eigenvalue weighted by Gasteiger charge is -2.10. The van der Waals surface area contributed by atoms with Gasteiger partial charge in [-0.25, -0.2) is 13.4 Å². The molecule has 0 saturated heterocycles. The van der Waals surface area contributed by atoms with Crippen molar-refractivity contribution in [2.24, 2.45) is 0 Å². The lowest BCUT2D eigenvalue weighted by atomic mass is 10.3. The quantitative estimate of drug-likeness (QED) is 0.761. The van der Waals surface area contributed by atoms with Gasteiger partial charge in [0.1, 0.15) is 10.4 Å². The Morgan fingerprint density at radius 3 is 2.50 bits per heavy atom. The summed E-state index contributed by atoms with van der Waals surface area (Å²) in [6.45, 7) is 1.72. The van der Waals surface area contributed by atoms with Gasteiger partial charge in [-0.2, -0.15) is 0 Å². The molecule has 1 N–H and O–H groups in total. The van der Waals surface area contributed by atoms with Crippen LogP contribution in [-0.2, 0) is 10.0 Å². The number of sulfonamides is 1. The Kier molecular flexibility index (Phi) is 3.76. The first-order valence-corrected chi connectivity index (χ1v) is 8.45. The van der Waals surface area contributed by atoms with E-state index < -0.39 is 10.0 Å². The first-order chi connectivity index (χ1) is 10.4. The van der Waals surface area contributed by atoms with Crippen molar-refractivity contribution in [1.29, 1.82) is 0 Å². The maximum absolute atomic E-state index is 12.5. The highest BCUT2D eigenvalue weighted by Gasteiger charge is 2.21. The second kappa shape index (κ2) is 5.46. The van der Waals surface area contributed by atoms with Crippen LogP contribution in [0, 0.1) is 6.92 Å². The van der Waals surface area contributed by atoms with Crippen molar-refractivity contribution < 1.29 is 12.8 Å². The van der Waals surface area contributed by atoms with E-state index in [2.05, 4.69) is 9.71 Å². The fourth-order valence-electron chi connectivity index (χ4n) is 2.05. The average Bonchev–Trinajstić information content (AvgIpc) is 2.77. The largest absolute Gasteiger partial charge is 0.441 e. The van der Waals surface area contributed by atoms with Crippen LogP contribution >= 0.6 is 23.2 Å². The van der Waals surface area contributed by atoms with Gasteiger partial charge in [-0.1, -0.05) is 29.3 Å². The molecule has 0 saturated carbocycles. The van der Waals surface area contributed by atoms with Gasteiger partial charge in [0.25, 0.3) is 10.0 Å². The summed E-state index contributed by atoms with van der Waals surface area (Å²) >= 11 is 11.9. The number of fused-ring (bicyclic) bond motifs is 1. The Hall–Kier alpha value is -1.76. The van der Waals surface area contributed by atoms with Gasteiger partial charge in [0, 0.05) is 6.92 Å². The zero-order valence-corrected chi connectivity index (χ0v) is 13.6. The van der Waals surface area contributed by atoms with Crippen LogP contribution in [-0.4, -0.2) is 13.4 Å². The molecule has 2 aromatic carbocycles. The van der Waals surface area contributed by atoms with Crippen LogP contribution in [0.5, 0.6) is 0 Å². The van der Waals surface area contributed by atoms with Crippen LogP contribution < -0.4 is 4.72 Å². The third-order valence-corrected chi connectivity index (χ3v) is 5.27. The maximum Gasteiger partial charge on any atom is 0.264 e. The molecule has 22 heavy (non-hydrogen) atoms. The Bertz CT molecular complexity index is 947. The molecule has 1 heterocycles. The second-order valence-electron chi connectivity index (χ2n) is 4.57. The van der Waals surface area contributed by atoms with E-state index in [0.29, 0.717) is 22.7 Å². The number of aromatic nitrogens is 1. The SMILES string of the molecule is Cc1nc2cc(NS(=O)(=O)c3c(Cl)cccc3Cl)ccc2o1. The minimum Gasteiger partial charge on any atom is -0.441 e. The summed E-state index contributed by atoms with van der Waals surface area (Å²) in [5.74, 6) is 0.504. The number of nitrogens with zero attached hydrogens (tertiary/aromatic N) is 1. The molecule has 0 bridgehead atoms. The molecular weight excluding hydrogens is 347 g/mol. The second-order valence-corrected chi connectivity index (χ2v) is 7.01. The van der Waals surface area contributed by atoms with Crippen LogP contribution in [0.15, 0.2) is 45.7 Å². The first-order valence-electron chi connectivity index (χ1n) is 6.21. The Balaban J connectivity index is 2.02. The summed E-state index contributed by atoms with van der Waals surface area (Å²) in [6.07, 6.45) is 0. The summed E-state index contributed by atoms with van der Waals surface area (Å²) in [5.41, 5.74) is 1.48. The van der Waals surface area contributed by atoms with Crippen molar-refractivity contribution in [3.63, 3.8) is 0 Å². The summed E-state index contributed by atoms with van der Waals surface area (Å²) in [5, 5.41) is 0.108. The first kappa shape index (κ1) is 15.1. The normalized spacial score (nSPS) is 11.8. The van der Waals surface area contributed by atoms with E-state index in [9.17, 15) is 8.42 Å². The molecule has 114 valence electrons. The maximum atomic E-state index is 12.5. The van der Waals surface area contributed by atoms with Gasteiger partial charge < -0.3 is 4.42 Å². The van der Waals surface area contributed by atoms with Crippen molar-refractivity contribution >= 4 is 50.0 Å². The van der Waals surface area contributed by atoms with Gasteiger partial charge in [0.15, 0.2) is 11.5 Å². The summed E-state index contributed by atoms with van der Waals surface area (Å²) < 4.78 is 32.7. The van der Waals surface area contributed by atoms with Crippen LogP contribution in [0.4, 0.5) is 5.69 Å². The number of rotatable bonds is 3. The van der Waals surface area contributed by atoms with Gasteiger partial charge in [-0.05, 0) is 30.3 Å². The third-order valence-electron chi connectivity index (χ3n) is 2.93. The topological polar surface area (TPSA) is 72.2 Å². The fourth-order valence-corrected chi connectivity index (χ4v) is 4.25. The van der Waals surface area contributed by atoms with Crippen molar-refractivity contribution in [2.75, 3.05) is 4.72 Å². The number of aryl methyl sites for hydroxylation is 1. The van der Waals surface area contributed by atoms with Gasteiger partial charge >= 0.3 is 0 Å². The summed E-state index contributed by atoms with van der Waals surface area (Å²) in [7, 11) is -3.91. The zero-order valence-electron chi connectivity index (χ0n) is 11.3. The number of halogens is 2. The summed E-state index contributed by atoms with van der Waals surface area (Å²) in [4.78, 5) is 4.00. The van der Waals surface area contributed by atoms with E-state index in [0.717, 1.165) is 0 Å². The summed E-state index contributed by atoms with van der Waals surface area (Å²) in [6, 6.07) is 9.30. The third kappa shape index (κ3) is 2.77. The highest BCUT2D eigenvalue weighted by Crippen LogP contribution is 2.31. The van der Waals surface area contributed by atoms with Gasteiger partial charge in [-0.3, -0.25) is 4.72 Å². The van der Waals surface area contributed by atoms with Crippen LogP contribution in [0.3, 0.4) is 0 Å². The molecule has 0 amide bonds. The van der Waals surface area contributed by atoms with Crippen molar-refractivity contribution in [1.82, 2.24) is 4.98 Å². The number of hydrogen-bond acceptors (Lipinski definition) is 4. The van der Waals surface area contributed by atoms with Gasteiger partial charge in [0.2, 0.25) is 0 Å². The Labute approximate surface area is 136 Å². The van der Waals surface area contributed by atoms with E-state index in [1.54, 1.807) is 31.2 Å². The number of oxazole rings is 1. The fraction of sp³-hybridized carbons (Fsp3) is 0.0714. The molecule has 8 heteroatoms. The van der Waals surface area contributed by atoms with E-state index in [-0.39, 0.29) is 14.9 Å². The van der Waals surface area contributed by atoms with Crippen LogP contribution in [0.2, 0.25) is 10.0 Å². The molecule has 0 aliphatic heterocycles. The lowest BCUT2D eigenvalue weighted by molar-refractivity contribution is 0.561. The van der Waals surface area contributed by atoms with Gasteiger partial charge in [0.05, 0.1) is 15.7 Å². The van der Waals surface area contributed by atoms with E-state index in [4.69, 9.17) is 27.6 Å². The average molecular weight is 357 g/mol. The highest BCUT2D eigenvalue weighted by molar-refractivity contribution is 7.93.